The van der Waals surface area contributed by atoms with Gasteiger partial charge in [-0.25, -0.2) is 9.78 Å². The molecule has 1 amide bonds. The highest BCUT2D eigenvalue weighted by molar-refractivity contribution is 5.93. The molecule has 2 N–H and O–H groups in total. The Morgan fingerprint density at radius 1 is 1.42 bits per heavy atom. The van der Waals surface area contributed by atoms with Crippen LogP contribution in [0.3, 0.4) is 0 Å². The van der Waals surface area contributed by atoms with Crippen LogP contribution in [0.15, 0.2) is 18.3 Å². The van der Waals surface area contributed by atoms with Gasteiger partial charge in [-0.15, -0.1) is 0 Å². The summed E-state index contributed by atoms with van der Waals surface area (Å²) in [6.07, 6.45) is 3.03. The minimum absolute atomic E-state index is 0.0123. The molecular weight excluding hydrogens is 246 g/mol. The van der Waals surface area contributed by atoms with Gasteiger partial charge in [0, 0.05) is 32.3 Å². The van der Waals surface area contributed by atoms with Crippen molar-refractivity contribution in [3.63, 3.8) is 0 Å². The number of carboxylic acid groups (broad SMARTS) is 1. The number of rotatable bonds is 3. The Morgan fingerprint density at radius 2 is 2.11 bits per heavy atom. The van der Waals surface area contributed by atoms with Crippen molar-refractivity contribution in [1.29, 1.82) is 0 Å². The second-order valence-corrected chi connectivity index (χ2v) is 4.56. The quantitative estimate of drug-likeness (QED) is 0.840. The maximum absolute atomic E-state index is 11.5. The molecule has 1 aliphatic heterocycles. The van der Waals surface area contributed by atoms with Crippen LogP contribution in [0, 0.1) is 5.92 Å². The molecule has 1 aliphatic rings. The zero-order chi connectivity index (χ0) is 13.8. The highest BCUT2D eigenvalue weighted by atomic mass is 16.4. The van der Waals surface area contributed by atoms with E-state index in [0.717, 1.165) is 12.8 Å². The van der Waals surface area contributed by atoms with Crippen molar-refractivity contribution in [2.75, 3.05) is 25.0 Å². The van der Waals surface area contributed by atoms with Crippen LogP contribution in [-0.4, -0.2) is 42.1 Å². The Bertz CT molecular complexity index is 482. The summed E-state index contributed by atoms with van der Waals surface area (Å²) in [5.41, 5.74) is 0.209. The van der Waals surface area contributed by atoms with Crippen LogP contribution in [-0.2, 0) is 4.79 Å². The lowest BCUT2D eigenvalue weighted by Crippen LogP contribution is -2.40. The van der Waals surface area contributed by atoms with E-state index in [0.29, 0.717) is 18.9 Å². The number of carbonyl (C=O) groups is 2. The fourth-order valence-electron chi connectivity index (χ4n) is 2.37. The second kappa shape index (κ2) is 5.69. The van der Waals surface area contributed by atoms with Gasteiger partial charge in [0.05, 0.1) is 0 Å². The lowest BCUT2D eigenvalue weighted by molar-refractivity contribution is -0.125. The van der Waals surface area contributed by atoms with E-state index in [1.165, 1.54) is 0 Å². The Balaban J connectivity index is 2.10. The summed E-state index contributed by atoms with van der Waals surface area (Å²) in [7, 11) is 1.63. The third-order valence-electron chi connectivity index (χ3n) is 3.43. The molecule has 0 aliphatic carbocycles. The first-order chi connectivity index (χ1) is 9.13. The maximum atomic E-state index is 11.5. The smallest absolute Gasteiger partial charge is 0.339 e. The first kappa shape index (κ1) is 13.3. The van der Waals surface area contributed by atoms with Gasteiger partial charge in [-0.05, 0) is 25.0 Å². The Morgan fingerprint density at radius 3 is 2.68 bits per heavy atom. The monoisotopic (exact) mass is 263 g/mol. The fraction of sp³-hybridized carbons (Fsp3) is 0.462. The Labute approximate surface area is 111 Å². The predicted octanol–water partition coefficient (Wildman–Crippen LogP) is 0.742. The molecule has 0 radical (unpaired) electrons. The average molecular weight is 263 g/mol. The molecular formula is C13H17N3O3. The molecule has 2 heterocycles. The van der Waals surface area contributed by atoms with Crippen LogP contribution >= 0.6 is 0 Å². The number of hydrogen-bond donors (Lipinski definition) is 2. The van der Waals surface area contributed by atoms with Crippen molar-refractivity contribution < 1.29 is 14.7 Å². The van der Waals surface area contributed by atoms with Crippen molar-refractivity contribution >= 4 is 17.7 Å². The van der Waals surface area contributed by atoms with Crippen LogP contribution in [0.5, 0.6) is 0 Å². The predicted molar refractivity (Wildman–Crippen MR) is 70.2 cm³/mol. The lowest BCUT2D eigenvalue weighted by atomic mass is 9.96. The van der Waals surface area contributed by atoms with E-state index in [4.69, 9.17) is 5.11 Å². The Hall–Kier alpha value is -2.11. The molecule has 0 aromatic carbocycles. The molecule has 0 bridgehead atoms. The van der Waals surface area contributed by atoms with Crippen molar-refractivity contribution in [2.24, 2.45) is 5.92 Å². The lowest BCUT2D eigenvalue weighted by Gasteiger charge is -2.32. The molecule has 1 aromatic heterocycles. The number of carbonyl (C=O) groups excluding carboxylic acids is 1. The second-order valence-electron chi connectivity index (χ2n) is 4.56. The van der Waals surface area contributed by atoms with Gasteiger partial charge in [-0.2, -0.15) is 0 Å². The number of piperidine rings is 1. The molecule has 6 heteroatoms. The number of pyridine rings is 1. The largest absolute Gasteiger partial charge is 0.478 e. The van der Waals surface area contributed by atoms with Gasteiger partial charge in [0.15, 0.2) is 0 Å². The Kier molecular flexibility index (Phi) is 3.99. The molecule has 0 saturated carbocycles. The molecule has 1 aromatic rings. The summed E-state index contributed by atoms with van der Waals surface area (Å²) in [6, 6.07) is 3.17. The number of anilines is 1. The van der Waals surface area contributed by atoms with Crippen molar-refractivity contribution in [1.82, 2.24) is 10.3 Å². The van der Waals surface area contributed by atoms with Crippen molar-refractivity contribution in [2.45, 2.75) is 12.8 Å². The molecule has 102 valence electrons. The molecule has 6 nitrogen and oxygen atoms in total. The summed E-state index contributed by atoms with van der Waals surface area (Å²) in [5, 5.41) is 11.8. The van der Waals surface area contributed by atoms with Crippen LogP contribution < -0.4 is 10.2 Å². The van der Waals surface area contributed by atoms with E-state index >= 15 is 0 Å². The molecule has 0 spiro atoms. The van der Waals surface area contributed by atoms with E-state index < -0.39 is 5.97 Å². The zero-order valence-corrected chi connectivity index (χ0v) is 10.8. The number of amides is 1. The van der Waals surface area contributed by atoms with E-state index in [9.17, 15) is 9.59 Å². The average Bonchev–Trinajstić information content (AvgIpc) is 2.46. The number of nitrogens with zero attached hydrogens (tertiary/aromatic N) is 2. The zero-order valence-electron chi connectivity index (χ0n) is 10.8. The van der Waals surface area contributed by atoms with Crippen molar-refractivity contribution in [3.8, 4) is 0 Å². The van der Waals surface area contributed by atoms with Gasteiger partial charge in [-0.1, -0.05) is 0 Å². The van der Waals surface area contributed by atoms with E-state index in [1.54, 1.807) is 25.4 Å². The number of carboxylic acids is 1. The summed E-state index contributed by atoms with van der Waals surface area (Å²) < 4.78 is 0. The summed E-state index contributed by atoms with van der Waals surface area (Å²) in [5.74, 6) is -0.417. The standard InChI is InChI=1S/C13H17N3O3/c1-14-12(17)9-4-7-16(8-5-9)11-10(13(18)19)3-2-6-15-11/h2-3,6,9H,4-5,7-8H2,1H3,(H,14,17)(H,18,19). The van der Waals surface area contributed by atoms with Gasteiger partial charge in [-0.3, -0.25) is 4.79 Å². The third kappa shape index (κ3) is 2.83. The van der Waals surface area contributed by atoms with Crippen LogP contribution in [0.25, 0.3) is 0 Å². The minimum atomic E-state index is -0.975. The first-order valence-corrected chi connectivity index (χ1v) is 6.28. The molecule has 1 fully saturated rings. The van der Waals surface area contributed by atoms with Gasteiger partial charge in [0.2, 0.25) is 5.91 Å². The van der Waals surface area contributed by atoms with Gasteiger partial charge in [0.1, 0.15) is 11.4 Å². The van der Waals surface area contributed by atoms with E-state index in [1.807, 2.05) is 4.90 Å². The molecule has 19 heavy (non-hydrogen) atoms. The number of nitrogens with one attached hydrogen (secondary N) is 1. The summed E-state index contributed by atoms with van der Waals surface area (Å²) >= 11 is 0. The van der Waals surface area contributed by atoms with Crippen LogP contribution in [0.1, 0.15) is 23.2 Å². The summed E-state index contributed by atoms with van der Waals surface area (Å²) in [4.78, 5) is 28.8. The maximum Gasteiger partial charge on any atom is 0.339 e. The highest BCUT2D eigenvalue weighted by Crippen LogP contribution is 2.24. The van der Waals surface area contributed by atoms with Gasteiger partial charge < -0.3 is 15.3 Å². The third-order valence-corrected chi connectivity index (χ3v) is 3.43. The summed E-state index contributed by atoms with van der Waals surface area (Å²) in [6.45, 7) is 1.30. The number of hydrogen-bond acceptors (Lipinski definition) is 4. The number of aromatic carboxylic acids is 1. The van der Waals surface area contributed by atoms with Crippen LogP contribution in [0.2, 0.25) is 0 Å². The molecule has 2 rings (SSSR count). The number of aromatic nitrogens is 1. The topological polar surface area (TPSA) is 82.5 Å². The van der Waals surface area contributed by atoms with E-state index in [-0.39, 0.29) is 17.4 Å². The molecule has 0 unspecified atom stereocenters. The van der Waals surface area contributed by atoms with Crippen LogP contribution in [0.4, 0.5) is 5.82 Å². The van der Waals surface area contributed by atoms with Crippen molar-refractivity contribution in [3.05, 3.63) is 23.9 Å². The first-order valence-electron chi connectivity index (χ1n) is 6.28. The molecule has 1 saturated heterocycles. The van der Waals surface area contributed by atoms with Gasteiger partial charge >= 0.3 is 5.97 Å². The fourth-order valence-corrected chi connectivity index (χ4v) is 2.37. The highest BCUT2D eigenvalue weighted by Gasteiger charge is 2.26. The van der Waals surface area contributed by atoms with E-state index in [2.05, 4.69) is 10.3 Å². The normalized spacial score (nSPS) is 16.2. The molecule has 0 atom stereocenters. The SMILES string of the molecule is CNC(=O)C1CCN(c2ncccc2C(=O)O)CC1. The van der Waals surface area contributed by atoms with Gasteiger partial charge in [0.25, 0.3) is 0 Å². The minimum Gasteiger partial charge on any atom is -0.478 e.